The first kappa shape index (κ1) is 22.8. The molecule has 4 aromatic rings. The summed E-state index contributed by atoms with van der Waals surface area (Å²) in [4.78, 5) is 8.93. The summed E-state index contributed by atoms with van der Waals surface area (Å²) in [5, 5.41) is 18.3. The van der Waals surface area contributed by atoms with Gasteiger partial charge in [-0.1, -0.05) is 23.7 Å². The number of hydrogen-bond acceptors (Lipinski definition) is 8. The van der Waals surface area contributed by atoms with Crippen molar-refractivity contribution in [3.63, 3.8) is 0 Å². The summed E-state index contributed by atoms with van der Waals surface area (Å²) in [5.74, 6) is 1.12. The lowest BCUT2D eigenvalue weighted by Gasteiger charge is -2.16. The molecule has 2 N–H and O–H groups in total. The zero-order valence-corrected chi connectivity index (χ0v) is 19.3. The second kappa shape index (κ2) is 10.0. The van der Waals surface area contributed by atoms with Gasteiger partial charge in [0.05, 0.1) is 11.6 Å². The van der Waals surface area contributed by atoms with Crippen molar-refractivity contribution in [3.05, 3.63) is 65.7 Å². The monoisotopic (exact) mass is 484 g/mol. The van der Waals surface area contributed by atoms with Gasteiger partial charge in [0.2, 0.25) is 5.95 Å². The van der Waals surface area contributed by atoms with Gasteiger partial charge in [-0.3, -0.25) is 0 Å². The molecule has 1 aliphatic heterocycles. The summed E-state index contributed by atoms with van der Waals surface area (Å²) < 4.78 is 7.62. The van der Waals surface area contributed by atoms with Gasteiger partial charge in [-0.2, -0.15) is 0 Å². The Kier molecular flexibility index (Phi) is 6.90. The summed E-state index contributed by atoms with van der Waals surface area (Å²) in [6.45, 7) is 3.42. The minimum absolute atomic E-state index is 0. The zero-order chi connectivity index (χ0) is 21.9. The van der Waals surface area contributed by atoms with Gasteiger partial charge in [0, 0.05) is 35.9 Å². The van der Waals surface area contributed by atoms with Crippen molar-refractivity contribution in [2.45, 2.75) is 26.0 Å². The maximum absolute atomic E-state index is 6.35. The molecule has 1 atom stereocenters. The fourth-order valence-corrected chi connectivity index (χ4v) is 3.76. The molecule has 5 rings (SSSR count). The van der Waals surface area contributed by atoms with Crippen LogP contribution in [-0.4, -0.2) is 42.8 Å². The molecule has 0 aliphatic carbocycles. The summed E-state index contributed by atoms with van der Waals surface area (Å²) in [5.41, 5.74) is 5.22. The van der Waals surface area contributed by atoms with E-state index in [9.17, 15) is 0 Å². The largest absolute Gasteiger partial charge is 0.487 e. The summed E-state index contributed by atoms with van der Waals surface area (Å²) >= 11 is 6.35. The van der Waals surface area contributed by atoms with Crippen LogP contribution in [0.1, 0.15) is 12.5 Å². The van der Waals surface area contributed by atoms with E-state index in [0.29, 0.717) is 23.3 Å². The Labute approximate surface area is 202 Å². The van der Waals surface area contributed by atoms with Gasteiger partial charge in [0.1, 0.15) is 18.2 Å². The first-order chi connectivity index (χ1) is 15.6. The minimum atomic E-state index is -0.170. The van der Waals surface area contributed by atoms with Crippen molar-refractivity contribution in [2.75, 3.05) is 17.2 Å². The normalized spacial score (nSPS) is 12.9. The molecular formula is C22H22Cl2N8O. The van der Waals surface area contributed by atoms with Gasteiger partial charge in [0.15, 0.2) is 0 Å². The van der Waals surface area contributed by atoms with E-state index in [1.54, 1.807) is 29.5 Å². The number of benzene rings is 2. The van der Waals surface area contributed by atoms with Crippen LogP contribution >= 0.6 is 24.0 Å². The predicted molar refractivity (Wildman–Crippen MR) is 130 cm³/mol. The molecule has 2 aromatic carbocycles. The Balaban J connectivity index is 0.00000259. The molecule has 0 spiro atoms. The van der Waals surface area contributed by atoms with E-state index in [-0.39, 0.29) is 18.5 Å². The van der Waals surface area contributed by atoms with Crippen molar-refractivity contribution in [2.24, 2.45) is 0 Å². The van der Waals surface area contributed by atoms with Gasteiger partial charge in [-0.05, 0) is 59.2 Å². The Morgan fingerprint density at radius 3 is 2.79 bits per heavy atom. The highest BCUT2D eigenvalue weighted by molar-refractivity contribution is 6.32. The van der Waals surface area contributed by atoms with Gasteiger partial charge in [-0.25, -0.2) is 14.6 Å². The highest BCUT2D eigenvalue weighted by atomic mass is 35.5. The van der Waals surface area contributed by atoms with E-state index in [2.05, 4.69) is 48.3 Å². The smallest absolute Gasteiger partial charge is 0.227 e. The third-order valence-electron chi connectivity index (χ3n) is 5.16. The van der Waals surface area contributed by atoms with Crippen LogP contribution in [0.3, 0.4) is 0 Å². The van der Waals surface area contributed by atoms with E-state index in [0.717, 1.165) is 35.5 Å². The summed E-state index contributed by atoms with van der Waals surface area (Å²) in [6, 6.07) is 11.9. The van der Waals surface area contributed by atoms with Crippen molar-refractivity contribution >= 4 is 41.3 Å². The Bertz CT molecular complexity index is 1220. The quantitative estimate of drug-likeness (QED) is 0.398. The van der Waals surface area contributed by atoms with Crippen molar-refractivity contribution in [1.82, 2.24) is 30.2 Å². The molecule has 1 aliphatic rings. The molecule has 0 radical (unpaired) electrons. The van der Waals surface area contributed by atoms with Crippen LogP contribution < -0.4 is 15.4 Å². The molecule has 0 amide bonds. The number of aromatic nitrogens is 6. The van der Waals surface area contributed by atoms with E-state index >= 15 is 0 Å². The molecule has 11 heteroatoms. The summed E-state index contributed by atoms with van der Waals surface area (Å²) in [6.07, 6.45) is 5.99. The van der Waals surface area contributed by atoms with Gasteiger partial charge >= 0.3 is 0 Å². The number of hydrogen-bond donors (Lipinski definition) is 2. The lowest BCUT2D eigenvalue weighted by atomic mass is 10.1. The maximum Gasteiger partial charge on any atom is 0.227 e. The number of nitrogens with zero attached hydrogens (tertiary/aromatic N) is 6. The number of rotatable bonds is 7. The fourth-order valence-electron chi connectivity index (χ4n) is 3.59. The molecule has 0 unspecified atom stereocenters. The van der Waals surface area contributed by atoms with E-state index < -0.39 is 0 Å². The Morgan fingerprint density at radius 2 is 2.00 bits per heavy atom. The van der Waals surface area contributed by atoms with Crippen molar-refractivity contribution in [1.29, 1.82) is 0 Å². The molecule has 3 heterocycles. The second-order valence-electron chi connectivity index (χ2n) is 7.57. The third-order valence-corrected chi connectivity index (χ3v) is 5.47. The standard InChI is InChI=1S/C22H21ClN8O.ClH/c1-14(12-31-13-27-29-30-31)32-21-8-16(3-5-19(21)23)17-10-25-22(26-11-17)28-18-4-2-15-6-7-24-20(15)9-18;/h2-5,8-11,13-14,24H,6-7,12H2,1H3,(H,25,26,28);1H/t14-;/m0./s1. The molecular weight excluding hydrogens is 463 g/mol. The molecule has 33 heavy (non-hydrogen) atoms. The SMILES string of the molecule is C[C@@H](Cn1cnnn1)Oc1cc(-c2cnc(Nc3ccc4c(c3)NCC4)nc2)ccc1Cl.Cl. The highest BCUT2D eigenvalue weighted by Gasteiger charge is 2.13. The van der Waals surface area contributed by atoms with Gasteiger partial charge in [-0.15, -0.1) is 17.5 Å². The lowest BCUT2D eigenvalue weighted by Crippen LogP contribution is -2.20. The van der Waals surface area contributed by atoms with Crippen LogP contribution in [0.25, 0.3) is 11.1 Å². The fraction of sp³-hybridized carbons (Fsp3) is 0.227. The second-order valence-corrected chi connectivity index (χ2v) is 7.98. The Morgan fingerprint density at radius 1 is 1.15 bits per heavy atom. The highest BCUT2D eigenvalue weighted by Crippen LogP contribution is 2.31. The lowest BCUT2D eigenvalue weighted by molar-refractivity contribution is 0.193. The van der Waals surface area contributed by atoms with E-state index in [1.807, 2.05) is 25.1 Å². The van der Waals surface area contributed by atoms with Gasteiger partial charge < -0.3 is 15.4 Å². The van der Waals surface area contributed by atoms with E-state index in [4.69, 9.17) is 16.3 Å². The number of anilines is 3. The average Bonchev–Trinajstić information content (AvgIpc) is 3.47. The maximum atomic E-state index is 6.35. The van der Waals surface area contributed by atoms with Crippen LogP contribution in [0.2, 0.25) is 5.02 Å². The molecule has 2 aromatic heterocycles. The molecule has 9 nitrogen and oxygen atoms in total. The van der Waals surface area contributed by atoms with Crippen LogP contribution in [0.5, 0.6) is 5.75 Å². The molecule has 170 valence electrons. The number of tetrazole rings is 1. The van der Waals surface area contributed by atoms with Crippen LogP contribution in [0.15, 0.2) is 55.1 Å². The Hall–Kier alpha value is -3.43. The first-order valence-electron chi connectivity index (χ1n) is 10.3. The molecule has 0 saturated carbocycles. The molecule has 0 bridgehead atoms. The third kappa shape index (κ3) is 5.32. The number of ether oxygens (including phenoxy) is 1. The number of halogens is 2. The van der Waals surface area contributed by atoms with Crippen LogP contribution in [0, 0.1) is 0 Å². The van der Waals surface area contributed by atoms with Crippen molar-refractivity contribution < 1.29 is 4.74 Å². The van der Waals surface area contributed by atoms with Crippen LogP contribution in [0.4, 0.5) is 17.3 Å². The van der Waals surface area contributed by atoms with E-state index in [1.165, 1.54) is 5.56 Å². The summed E-state index contributed by atoms with van der Waals surface area (Å²) in [7, 11) is 0. The number of nitrogens with one attached hydrogen (secondary N) is 2. The zero-order valence-electron chi connectivity index (χ0n) is 17.8. The van der Waals surface area contributed by atoms with Gasteiger partial charge in [0.25, 0.3) is 0 Å². The number of fused-ring (bicyclic) bond motifs is 1. The molecule has 0 saturated heterocycles. The topological polar surface area (TPSA) is 103 Å². The van der Waals surface area contributed by atoms with Crippen molar-refractivity contribution in [3.8, 4) is 16.9 Å². The van der Waals surface area contributed by atoms with Crippen LogP contribution in [-0.2, 0) is 13.0 Å². The molecule has 0 fully saturated rings. The minimum Gasteiger partial charge on any atom is -0.487 e. The first-order valence-corrected chi connectivity index (χ1v) is 10.6. The average molecular weight is 485 g/mol. The predicted octanol–water partition coefficient (Wildman–Crippen LogP) is 4.38.